The number of aromatic nitrogens is 4. The molecular weight excluding hydrogens is 453 g/mol. The van der Waals surface area contributed by atoms with Gasteiger partial charge in [0.15, 0.2) is 22.5 Å². The minimum Gasteiger partial charge on any atom is -0.453 e. The van der Waals surface area contributed by atoms with Crippen LogP contribution < -0.4 is 10.1 Å². The normalized spacial score (nSPS) is 10.8. The van der Waals surface area contributed by atoms with Crippen LogP contribution in [0.1, 0.15) is 18.1 Å². The molecule has 0 atom stereocenters. The summed E-state index contributed by atoms with van der Waals surface area (Å²) in [5, 5.41) is 12.1. The molecule has 7 nitrogen and oxygen atoms in total. The number of hydrogen-bond donors (Lipinski definition) is 1. The van der Waals surface area contributed by atoms with Crippen LogP contribution in [0.25, 0.3) is 11.4 Å². The molecule has 0 saturated carbocycles. The van der Waals surface area contributed by atoms with Crippen molar-refractivity contribution < 1.29 is 13.9 Å². The van der Waals surface area contributed by atoms with Crippen LogP contribution in [0.2, 0.25) is 0 Å². The fraction of sp³-hybridized carbons (Fsp3) is 0.200. The average molecular weight is 478 g/mol. The number of amides is 1. The quantitative estimate of drug-likeness (QED) is 0.341. The van der Waals surface area contributed by atoms with Gasteiger partial charge in [-0.2, -0.15) is 0 Å². The number of nitrogens with one attached hydrogen (secondary N) is 1. The van der Waals surface area contributed by atoms with Gasteiger partial charge in [0.25, 0.3) is 0 Å². The third-order valence-corrected chi connectivity index (χ3v) is 5.96. The van der Waals surface area contributed by atoms with Crippen LogP contribution in [-0.2, 0) is 17.9 Å². The number of hydrogen-bond acceptors (Lipinski definition) is 6. The van der Waals surface area contributed by atoms with Crippen LogP contribution in [0.3, 0.4) is 0 Å². The Morgan fingerprint density at radius 3 is 2.76 bits per heavy atom. The molecule has 0 bridgehead atoms. The van der Waals surface area contributed by atoms with Gasteiger partial charge >= 0.3 is 0 Å². The van der Waals surface area contributed by atoms with E-state index in [-0.39, 0.29) is 24.0 Å². The van der Waals surface area contributed by atoms with Gasteiger partial charge in [-0.1, -0.05) is 41.6 Å². The van der Waals surface area contributed by atoms with E-state index in [1.165, 1.54) is 30.1 Å². The molecule has 0 aliphatic heterocycles. The van der Waals surface area contributed by atoms with E-state index in [0.717, 1.165) is 17.0 Å². The highest BCUT2D eigenvalue weighted by atomic mass is 32.2. The van der Waals surface area contributed by atoms with Crippen molar-refractivity contribution in [1.29, 1.82) is 0 Å². The van der Waals surface area contributed by atoms with Crippen LogP contribution in [0, 0.1) is 12.7 Å². The minimum atomic E-state index is -0.510. The second kappa shape index (κ2) is 10.9. The summed E-state index contributed by atoms with van der Waals surface area (Å²) in [6.07, 6.45) is 3.12. The number of halogens is 1. The predicted molar refractivity (Wildman–Crippen MR) is 129 cm³/mol. The summed E-state index contributed by atoms with van der Waals surface area (Å²) in [5.74, 6) is 0.815. The van der Waals surface area contributed by atoms with Gasteiger partial charge in [-0.25, -0.2) is 4.39 Å². The van der Waals surface area contributed by atoms with E-state index in [1.807, 2.05) is 36.6 Å². The van der Waals surface area contributed by atoms with Gasteiger partial charge < -0.3 is 14.6 Å². The lowest BCUT2D eigenvalue weighted by atomic mass is 10.1. The van der Waals surface area contributed by atoms with Gasteiger partial charge in [0, 0.05) is 24.8 Å². The first kappa shape index (κ1) is 23.4. The molecule has 0 radical (unpaired) electrons. The Hall–Kier alpha value is -3.72. The Kier molecular flexibility index (Phi) is 7.54. The maximum absolute atomic E-state index is 14.4. The van der Waals surface area contributed by atoms with Crippen LogP contribution in [-0.4, -0.2) is 31.4 Å². The Balaban J connectivity index is 1.32. The summed E-state index contributed by atoms with van der Waals surface area (Å²) < 4.78 is 21.9. The molecule has 1 amide bonds. The molecule has 1 N–H and O–H groups in total. The van der Waals surface area contributed by atoms with Crippen molar-refractivity contribution >= 4 is 17.7 Å². The molecule has 9 heteroatoms. The van der Waals surface area contributed by atoms with Gasteiger partial charge in [0.1, 0.15) is 5.75 Å². The first-order valence-corrected chi connectivity index (χ1v) is 11.8. The number of rotatable bonds is 9. The Morgan fingerprint density at radius 2 is 2.03 bits per heavy atom. The number of pyridine rings is 1. The number of carbonyl (C=O) groups excluding carboxylic acids is 1. The second-order valence-corrected chi connectivity index (χ2v) is 8.48. The molecule has 0 fully saturated rings. The fourth-order valence-electron chi connectivity index (χ4n) is 3.33. The smallest absolute Gasteiger partial charge is 0.230 e. The van der Waals surface area contributed by atoms with E-state index in [4.69, 9.17) is 4.74 Å². The number of benzene rings is 2. The standard InChI is InChI=1S/C25H24FN5O2S/c1-3-31-24(19-7-4-6-17(2)12-19)29-30-25(31)34-16-23(32)28-14-18-9-10-22(21(26)13-18)33-20-8-5-11-27-15-20/h4-13,15H,3,14,16H2,1-2H3,(H,28,32). The SMILES string of the molecule is CCn1c(SCC(=O)NCc2ccc(Oc3cccnc3)c(F)c2)nnc1-c1cccc(C)c1. The molecule has 2 aromatic heterocycles. The third kappa shape index (κ3) is 5.79. The van der Waals surface area contributed by atoms with Gasteiger partial charge in [-0.05, 0) is 49.7 Å². The lowest BCUT2D eigenvalue weighted by Gasteiger charge is -2.10. The molecule has 2 heterocycles. The molecule has 0 saturated heterocycles. The predicted octanol–water partition coefficient (Wildman–Crippen LogP) is 5.01. The first-order valence-electron chi connectivity index (χ1n) is 10.8. The van der Waals surface area contributed by atoms with Crippen LogP contribution in [0.5, 0.6) is 11.5 Å². The van der Waals surface area contributed by atoms with Gasteiger partial charge in [0.05, 0.1) is 11.9 Å². The molecule has 34 heavy (non-hydrogen) atoms. The van der Waals surface area contributed by atoms with Gasteiger partial charge in [-0.3, -0.25) is 9.78 Å². The Morgan fingerprint density at radius 1 is 1.15 bits per heavy atom. The highest BCUT2D eigenvalue weighted by Crippen LogP contribution is 2.26. The van der Waals surface area contributed by atoms with E-state index in [2.05, 4.69) is 26.6 Å². The van der Waals surface area contributed by atoms with Crippen molar-refractivity contribution in [2.24, 2.45) is 0 Å². The van der Waals surface area contributed by atoms with E-state index >= 15 is 0 Å². The van der Waals surface area contributed by atoms with Gasteiger partial charge in [0.2, 0.25) is 5.91 Å². The summed E-state index contributed by atoms with van der Waals surface area (Å²) in [4.78, 5) is 16.3. The van der Waals surface area contributed by atoms with E-state index in [9.17, 15) is 9.18 Å². The zero-order chi connectivity index (χ0) is 23.9. The van der Waals surface area contributed by atoms with Crippen molar-refractivity contribution in [2.45, 2.75) is 32.1 Å². The third-order valence-electron chi connectivity index (χ3n) is 4.99. The maximum Gasteiger partial charge on any atom is 0.230 e. The monoisotopic (exact) mass is 477 g/mol. The summed E-state index contributed by atoms with van der Waals surface area (Å²) in [7, 11) is 0. The zero-order valence-corrected chi connectivity index (χ0v) is 19.7. The van der Waals surface area contributed by atoms with E-state index in [1.54, 1.807) is 24.4 Å². The van der Waals surface area contributed by atoms with Crippen molar-refractivity contribution in [3.05, 3.63) is 83.9 Å². The number of aryl methyl sites for hydroxylation is 1. The van der Waals surface area contributed by atoms with Crippen molar-refractivity contribution in [1.82, 2.24) is 25.1 Å². The molecule has 0 aliphatic rings. The lowest BCUT2D eigenvalue weighted by Crippen LogP contribution is -2.24. The van der Waals surface area contributed by atoms with Crippen molar-refractivity contribution in [3.63, 3.8) is 0 Å². The summed E-state index contributed by atoms with van der Waals surface area (Å²) in [6.45, 7) is 4.94. The number of thioether (sulfide) groups is 1. The topological polar surface area (TPSA) is 81.9 Å². The van der Waals surface area contributed by atoms with Crippen LogP contribution in [0.15, 0.2) is 72.1 Å². The second-order valence-electron chi connectivity index (χ2n) is 7.54. The number of nitrogens with zero attached hydrogens (tertiary/aromatic N) is 4. The minimum absolute atomic E-state index is 0.0990. The van der Waals surface area contributed by atoms with E-state index in [0.29, 0.717) is 23.0 Å². The zero-order valence-electron chi connectivity index (χ0n) is 18.9. The summed E-state index contributed by atoms with van der Waals surface area (Å²) in [5.41, 5.74) is 2.77. The first-order chi connectivity index (χ1) is 16.5. The van der Waals surface area contributed by atoms with Gasteiger partial charge in [-0.15, -0.1) is 10.2 Å². The van der Waals surface area contributed by atoms with Crippen molar-refractivity contribution in [3.8, 4) is 22.9 Å². The number of carbonyl (C=O) groups is 1. The van der Waals surface area contributed by atoms with Crippen molar-refractivity contribution in [2.75, 3.05) is 5.75 Å². The molecule has 4 aromatic rings. The molecule has 174 valence electrons. The molecule has 0 spiro atoms. The Labute approximate surface area is 201 Å². The Bertz CT molecular complexity index is 1280. The maximum atomic E-state index is 14.4. The largest absolute Gasteiger partial charge is 0.453 e. The van der Waals surface area contributed by atoms with Crippen LogP contribution >= 0.6 is 11.8 Å². The fourth-order valence-corrected chi connectivity index (χ4v) is 4.16. The highest BCUT2D eigenvalue weighted by Gasteiger charge is 2.15. The summed E-state index contributed by atoms with van der Waals surface area (Å²) in [6, 6.07) is 16.1. The van der Waals surface area contributed by atoms with E-state index < -0.39 is 5.82 Å². The van der Waals surface area contributed by atoms with Crippen LogP contribution in [0.4, 0.5) is 4.39 Å². The molecule has 0 unspecified atom stereocenters. The molecule has 0 aliphatic carbocycles. The molecule has 2 aromatic carbocycles. The lowest BCUT2D eigenvalue weighted by molar-refractivity contribution is -0.118. The highest BCUT2D eigenvalue weighted by molar-refractivity contribution is 7.99. The summed E-state index contributed by atoms with van der Waals surface area (Å²) >= 11 is 1.32. The average Bonchev–Trinajstić information content (AvgIpc) is 3.26. The number of ether oxygens (including phenoxy) is 1. The molecule has 4 rings (SSSR count). The molecular formula is C25H24FN5O2S.